The van der Waals surface area contributed by atoms with Gasteiger partial charge in [-0.3, -0.25) is 9.59 Å². The minimum absolute atomic E-state index is 0.242. The summed E-state index contributed by atoms with van der Waals surface area (Å²) in [5.74, 6) is -0.629. The summed E-state index contributed by atoms with van der Waals surface area (Å²) in [6.07, 6.45) is -0.326. The van der Waals surface area contributed by atoms with Gasteiger partial charge in [0.2, 0.25) is 0 Å². The molecule has 1 aromatic carbocycles. The van der Waals surface area contributed by atoms with Crippen molar-refractivity contribution in [3.05, 3.63) is 17.7 Å². The first-order chi connectivity index (χ1) is 9.17. The number of H-pyrrole nitrogens is 1. The number of ether oxygens (including phenoxy) is 2. The summed E-state index contributed by atoms with van der Waals surface area (Å²) < 4.78 is 9.93. The van der Waals surface area contributed by atoms with E-state index in [1.54, 1.807) is 19.1 Å². The van der Waals surface area contributed by atoms with Crippen molar-refractivity contribution in [3.63, 3.8) is 0 Å². The number of aromatic nitrogens is 3. The van der Waals surface area contributed by atoms with Crippen molar-refractivity contribution in [2.45, 2.75) is 13.3 Å². The smallest absolute Gasteiger partial charge is 0.313 e. The number of carbonyl (C=O) groups excluding carboxylic acids is 2. The van der Waals surface area contributed by atoms with Crippen LogP contribution in [0.1, 0.15) is 23.7 Å². The zero-order chi connectivity index (χ0) is 13.8. The number of ketones is 1. The first kappa shape index (κ1) is 13.0. The number of nitrogens with zero attached hydrogens (tertiary/aromatic N) is 2. The minimum Gasteiger partial charge on any atom is -0.494 e. The molecule has 100 valence electrons. The molecule has 0 saturated carbocycles. The van der Waals surface area contributed by atoms with Crippen molar-refractivity contribution in [3.8, 4) is 5.75 Å². The predicted molar refractivity (Wildman–Crippen MR) is 66.0 cm³/mol. The molecule has 0 aliphatic heterocycles. The number of carbonyl (C=O) groups is 2. The van der Waals surface area contributed by atoms with E-state index in [9.17, 15) is 9.59 Å². The maximum absolute atomic E-state index is 12.0. The molecule has 1 aromatic heterocycles. The molecular formula is C12H13N3O4. The van der Waals surface area contributed by atoms with E-state index < -0.39 is 5.97 Å². The second-order valence-corrected chi connectivity index (χ2v) is 3.74. The van der Waals surface area contributed by atoms with E-state index in [1.165, 1.54) is 7.11 Å². The average Bonchev–Trinajstić information content (AvgIpc) is 2.85. The lowest BCUT2D eigenvalue weighted by atomic mass is 10.1. The van der Waals surface area contributed by atoms with Crippen LogP contribution in [-0.2, 0) is 9.53 Å². The Hall–Kier alpha value is -2.44. The fourth-order valence-corrected chi connectivity index (χ4v) is 1.75. The Morgan fingerprint density at radius 2 is 2.11 bits per heavy atom. The fourth-order valence-electron chi connectivity index (χ4n) is 1.75. The maximum atomic E-state index is 12.0. The molecule has 2 rings (SSSR count). The highest BCUT2D eigenvalue weighted by Gasteiger charge is 2.20. The number of hydrogen-bond acceptors (Lipinski definition) is 6. The van der Waals surface area contributed by atoms with Crippen LogP contribution in [0.25, 0.3) is 11.0 Å². The molecule has 7 heteroatoms. The molecule has 0 spiro atoms. The van der Waals surface area contributed by atoms with Crippen LogP contribution in [-0.4, -0.2) is 40.9 Å². The number of aromatic amines is 1. The fraction of sp³-hybridized carbons (Fsp3) is 0.333. The van der Waals surface area contributed by atoms with Crippen LogP contribution in [0.3, 0.4) is 0 Å². The van der Waals surface area contributed by atoms with Gasteiger partial charge in [-0.15, -0.1) is 0 Å². The van der Waals surface area contributed by atoms with Gasteiger partial charge in [0.1, 0.15) is 11.9 Å². The second kappa shape index (κ2) is 5.47. The van der Waals surface area contributed by atoms with E-state index in [1.807, 2.05) is 0 Å². The maximum Gasteiger partial charge on any atom is 0.313 e. The van der Waals surface area contributed by atoms with Crippen LogP contribution in [0.15, 0.2) is 12.1 Å². The Morgan fingerprint density at radius 3 is 2.79 bits per heavy atom. The van der Waals surface area contributed by atoms with E-state index >= 15 is 0 Å². The van der Waals surface area contributed by atoms with E-state index in [0.717, 1.165) is 0 Å². The highest BCUT2D eigenvalue weighted by atomic mass is 16.5. The van der Waals surface area contributed by atoms with Crippen LogP contribution in [0.4, 0.5) is 0 Å². The monoisotopic (exact) mass is 263 g/mol. The molecule has 2 aromatic rings. The van der Waals surface area contributed by atoms with Crippen molar-refractivity contribution < 1.29 is 19.1 Å². The molecule has 1 N–H and O–H groups in total. The summed E-state index contributed by atoms with van der Waals surface area (Å²) in [6, 6.07) is 3.20. The van der Waals surface area contributed by atoms with E-state index in [4.69, 9.17) is 9.47 Å². The van der Waals surface area contributed by atoms with Crippen molar-refractivity contribution in [2.75, 3.05) is 13.7 Å². The highest BCUT2D eigenvalue weighted by molar-refractivity contribution is 6.09. The summed E-state index contributed by atoms with van der Waals surface area (Å²) in [5, 5.41) is 10.3. The Bertz CT molecular complexity index is 620. The van der Waals surface area contributed by atoms with Crippen molar-refractivity contribution in [1.82, 2.24) is 15.4 Å². The number of fused-ring (bicyclic) bond motifs is 1. The summed E-state index contributed by atoms with van der Waals surface area (Å²) in [6.45, 7) is 1.93. The molecule has 19 heavy (non-hydrogen) atoms. The second-order valence-electron chi connectivity index (χ2n) is 3.74. The van der Waals surface area contributed by atoms with Gasteiger partial charge >= 0.3 is 5.97 Å². The Balaban J connectivity index is 2.33. The first-order valence-corrected chi connectivity index (χ1v) is 5.73. The van der Waals surface area contributed by atoms with Gasteiger partial charge in [0.15, 0.2) is 17.0 Å². The van der Waals surface area contributed by atoms with Gasteiger partial charge in [-0.2, -0.15) is 15.4 Å². The molecule has 0 fully saturated rings. The number of Topliss-reactive ketones (excluding diaryl/α,β-unsaturated/α-hetero) is 1. The Morgan fingerprint density at radius 1 is 1.32 bits per heavy atom. The van der Waals surface area contributed by atoms with Crippen LogP contribution < -0.4 is 4.74 Å². The number of rotatable bonds is 5. The van der Waals surface area contributed by atoms with Gasteiger partial charge in [-0.25, -0.2) is 0 Å². The SMILES string of the molecule is CCOC(=O)CC(=O)c1ccc2n[nH]nc2c1OC. The van der Waals surface area contributed by atoms with Gasteiger partial charge in [0, 0.05) is 0 Å². The molecule has 0 unspecified atom stereocenters. The van der Waals surface area contributed by atoms with Crippen molar-refractivity contribution >= 4 is 22.8 Å². The summed E-state index contributed by atoms with van der Waals surface area (Å²) >= 11 is 0. The molecule has 0 amide bonds. The van der Waals surface area contributed by atoms with Crippen molar-refractivity contribution in [1.29, 1.82) is 0 Å². The number of hydrogen-bond donors (Lipinski definition) is 1. The topological polar surface area (TPSA) is 94.2 Å². The largest absolute Gasteiger partial charge is 0.494 e. The summed E-state index contributed by atoms with van der Waals surface area (Å²) in [5.41, 5.74) is 1.33. The van der Waals surface area contributed by atoms with Gasteiger partial charge in [0.25, 0.3) is 0 Å². The number of benzene rings is 1. The third-order valence-corrected chi connectivity index (χ3v) is 2.56. The molecule has 0 radical (unpaired) electrons. The number of methoxy groups -OCH3 is 1. The van der Waals surface area contributed by atoms with E-state index in [2.05, 4.69) is 15.4 Å². The lowest BCUT2D eigenvalue weighted by Crippen LogP contribution is -2.12. The lowest BCUT2D eigenvalue weighted by Gasteiger charge is -2.07. The third kappa shape index (κ3) is 2.54. The van der Waals surface area contributed by atoms with Crippen LogP contribution in [0, 0.1) is 0 Å². The van der Waals surface area contributed by atoms with Gasteiger partial charge in [-0.05, 0) is 19.1 Å². The van der Waals surface area contributed by atoms with Gasteiger partial charge in [0.05, 0.1) is 19.3 Å². The summed E-state index contributed by atoms with van der Waals surface area (Å²) in [4.78, 5) is 23.4. The Kier molecular flexibility index (Phi) is 3.74. The van der Waals surface area contributed by atoms with E-state index in [0.29, 0.717) is 16.8 Å². The van der Waals surface area contributed by atoms with Crippen LogP contribution >= 0.6 is 0 Å². The van der Waals surface area contributed by atoms with E-state index in [-0.39, 0.29) is 24.4 Å². The van der Waals surface area contributed by atoms with Crippen molar-refractivity contribution in [2.24, 2.45) is 0 Å². The zero-order valence-electron chi connectivity index (χ0n) is 10.6. The summed E-state index contributed by atoms with van der Waals surface area (Å²) in [7, 11) is 1.44. The van der Waals surface area contributed by atoms with Gasteiger partial charge < -0.3 is 9.47 Å². The van der Waals surface area contributed by atoms with Crippen LogP contribution in [0.2, 0.25) is 0 Å². The molecule has 1 heterocycles. The molecular weight excluding hydrogens is 250 g/mol. The quantitative estimate of drug-likeness (QED) is 0.493. The Labute approximate surface area is 108 Å². The zero-order valence-corrected chi connectivity index (χ0v) is 10.6. The predicted octanol–water partition coefficient (Wildman–Crippen LogP) is 1.10. The molecule has 0 aliphatic carbocycles. The number of esters is 1. The number of nitrogens with one attached hydrogen (secondary N) is 1. The van der Waals surface area contributed by atoms with Gasteiger partial charge in [-0.1, -0.05) is 0 Å². The first-order valence-electron chi connectivity index (χ1n) is 5.73. The molecule has 7 nitrogen and oxygen atoms in total. The third-order valence-electron chi connectivity index (χ3n) is 2.56. The molecule has 0 saturated heterocycles. The molecule has 0 aliphatic rings. The lowest BCUT2D eigenvalue weighted by molar-refractivity contribution is -0.141. The average molecular weight is 263 g/mol. The standard InChI is InChI=1S/C12H13N3O4/c1-3-19-10(17)6-9(16)7-4-5-8-11(12(7)18-2)14-15-13-8/h4-5H,3,6H2,1-2H3,(H,13,14,15). The minimum atomic E-state index is -0.560. The molecule has 0 bridgehead atoms. The highest BCUT2D eigenvalue weighted by Crippen LogP contribution is 2.27. The molecule has 0 atom stereocenters. The van der Waals surface area contributed by atoms with Crippen LogP contribution in [0.5, 0.6) is 5.75 Å². The normalized spacial score (nSPS) is 10.4.